The maximum atomic E-state index is 11.2. The number of carbonyl (C=O) groups excluding carboxylic acids is 1. The van der Waals surface area contributed by atoms with Crippen LogP contribution in [-0.2, 0) is 16.6 Å². The van der Waals surface area contributed by atoms with Crippen LogP contribution in [0.1, 0.15) is 38.8 Å². The number of hydrogen-bond donors (Lipinski definition) is 1. The number of rotatable bonds is 2. The van der Waals surface area contributed by atoms with Crippen molar-refractivity contribution in [3.8, 4) is 5.75 Å². The monoisotopic (exact) mass is 251 g/mol. The van der Waals surface area contributed by atoms with Crippen LogP contribution >= 0.6 is 0 Å². The van der Waals surface area contributed by atoms with E-state index in [-0.39, 0.29) is 5.41 Å². The van der Waals surface area contributed by atoms with Gasteiger partial charge in [-0.15, -0.1) is 0 Å². The number of ether oxygens (including phenoxy) is 2. The molecule has 18 heavy (non-hydrogen) atoms. The first-order chi connectivity index (χ1) is 8.29. The smallest absolute Gasteiger partial charge is 0.437 e. The molecule has 0 saturated heterocycles. The summed E-state index contributed by atoms with van der Waals surface area (Å²) in [7, 11) is 1.28. The summed E-state index contributed by atoms with van der Waals surface area (Å²) in [6.45, 7) is 8.29. The van der Waals surface area contributed by atoms with Gasteiger partial charge in [-0.05, 0) is 29.0 Å². The van der Waals surface area contributed by atoms with Gasteiger partial charge in [0.2, 0.25) is 0 Å². The fourth-order valence-corrected chi connectivity index (χ4v) is 1.79. The first-order valence-electron chi connectivity index (χ1n) is 5.98. The molecule has 100 valence electrons. The molecular formula is C14H21NO3. The molecule has 2 N–H and O–H groups in total. The highest BCUT2D eigenvalue weighted by molar-refractivity contribution is 5.67. The highest BCUT2D eigenvalue weighted by Gasteiger charge is 2.20. The molecule has 1 rings (SSSR count). The summed E-state index contributed by atoms with van der Waals surface area (Å²) < 4.78 is 9.58. The zero-order chi connectivity index (χ0) is 13.9. The molecule has 0 aliphatic carbocycles. The van der Waals surface area contributed by atoms with Gasteiger partial charge in [0.1, 0.15) is 5.75 Å². The molecule has 0 aromatic heterocycles. The van der Waals surface area contributed by atoms with Crippen molar-refractivity contribution < 1.29 is 14.3 Å². The number of carbonyl (C=O) groups is 1. The van der Waals surface area contributed by atoms with Gasteiger partial charge in [0.05, 0.1) is 7.11 Å². The van der Waals surface area contributed by atoms with Gasteiger partial charge in [-0.25, -0.2) is 4.79 Å². The van der Waals surface area contributed by atoms with Crippen LogP contribution in [0.5, 0.6) is 5.75 Å². The normalized spacial score (nSPS) is 11.2. The molecule has 4 nitrogen and oxygen atoms in total. The molecule has 0 amide bonds. The van der Waals surface area contributed by atoms with E-state index in [1.54, 1.807) is 6.07 Å². The van der Waals surface area contributed by atoms with E-state index in [1.807, 2.05) is 13.0 Å². The molecule has 0 spiro atoms. The molecule has 0 atom stereocenters. The zero-order valence-electron chi connectivity index (χ0n) is 11.7. The molecule has 0 fully saturated rings. The summed E-state index contributed by atoms with van der Waals surface area (Å²) in [5, 5.41) is 0. The number of hydrogen-bond acceptors (Lipinski definition) is 4. The highest BCUT2D eigenvalue weighted by atomic mass is 16.7. The Morgan fingerprint density at radius 1 is 1.33 bits per heavy atom. The number of aryl methyl sites for hydroxylation is 1. The van der Waals surface area contributed by atoms with Crippen molar-refractivity contribution in [3.05, 3.63) is 23.3 Å². The van der Waals surface area contributed by atoms with E-state index in [1.165, 1.54) is 7.11 Å². The number of methoxy groups -OCH3 is 1. The third kappa shape index (κ3) is 3.15. The van der Waals surface area contributed by atoms with E-state index in [4.69, 9.17) is 10.5 Å². The second-order valence-electron chi connectivity index (χ2n) is 5.21. The van der Waals surface area contributed by atoms with E-state index in [0.29, 0.717) is 11.4 Å². The van der Waals surface area contributed by atoms with Crippen LogP contribution in [0, 0.1) is 0 Å². The molecular weight excluding hydrogens is 230 g/mol. The summed E-state index contributed by atoms with van der Waals surface area (Å²) in [5.41, 5.74) is 8.59. The SMILES string of the molecule is CCc1cc(C(C)(C)C)c(N)cc1OC(=O)OC. The van der Waals surface area contributed by atoms with Crippen LogP contribution < -0.4 is 10.5 Å². The summed E-state index contributed by atoms with van der Waals surface area (Å²) in [5.74, 6) is 0.467. The van der Waals surface area contributed by atoms with Crippen molar-refractivity contribution in [2.45, 2.75) is 39.5 Å². The van der Waals surface area contributed by atoms with E-state index < -0.39 is 6.16 Å². The molecule has 0 unspecified atom stereocenters. The minimum Gasteiger partial charge on any atom is -0.437 e. The molecule has 0 aliphatic rings. The summed E-state index contributed by atoms with van der Waals surface area (Å²) >= 11 is 0. The fraction of sp³-hybridized carbons (Fsp3) is 0.500. The minimum atomic E-state index is -0.729. The largest absolute Gasteiger partial charge is 0.513 e. The average molecular weight is 251 g/mol. The minimum absolute atomic E-state index is 0.0439. The van der Waals surface area contributed by atoms with Gasteiger partial charge < -0.3 is 15.2 Å². The molecule has 0 aliphatic heterocycles. The Kier molecular flexibility index (Phi) is 4.22. The lowest BCUT2D eigenvalue weighted by atomic mass is 9.84. The van der Waals surface area contributed by atoms with Crippen LogP contribution in [0.4, 0.5) is 10.5 Å². The van der Waals surface area contributed by atoms with Crippen LogP contribution in [-0.4, -0.2) is 13.3 Å². The summed E-state index contributed by atoms with van der Waals surface area (Å²) in [6, 6.07) is 3.68. The molecule has 1 aromatic rings. The molecule has 1 aromatic carbocycles. The zero-order valence-corrected chi connectivity index (χ0v) is 11.7. The Bertz CT molecular complexity index is 447. The lowest BCUT2D eigenvalue weighted by Gasteiger charge is -2.23. The van der Waals surface area contributed by atoms with Crippen LogP contribution in [0.2, 0.25) is 0 Å². The van der Waals surface area contributed by atoms with Crippen molar-refractivity contribution in [3.63, 3.8) is 0 Å². The Balaban J connectivity index is 3.23. The standard InChI is InChI=1S/C14H21NO3/c1-6-9-7-10(14(2,3)4)11(15)8-12(9)18-13(16)17-5/h7-8H,6,15H2,1-5H3. The molecule has 0 radical (unpaired) electrons. The van der Waals surface area contributed by atoms with Gasteiger partial charge in [0, 0.05) is 11.8 Å². The second-order valence-corrected chi connectivity index (χ2v) is 5.21. The van der Waals surface area contributed by atoms with Crippen molar-refractivity contribution in [1.29, 1.82) is 0 Å². The predicted octanol–water partition coefficient (Wildman–Crippen LogP) is 3.27. The third-order valence-electron chi connectivity index (χ3n) is 2.78. The van der Waals surface area contributed by atoms with E-state index >= 15 is 0 Å². The fourth-order valence-electron chi connectivity index (χ4n) is 1.79. The quantitative estimate of drug-likeness (QED) is 0.498. The van der Waals surface area contributed by atoms with Crippen molar-refractivity contribution in [2.24, 2.45) is 0 Å². The van der Waals surface area contributed by atoms with Crippen LogP contribution in [0.15, 0.2) is 12.1 Å². The van der Waals surface area contributed by atoms with Gasteiger partial charge in [-0.2, -0.15) is 0 Å². The van der Waals surface area contributed by atoms with Crippen molar-refractivity contribution in [1.82, 2.24) is 0 Å². The second kappa shape index (κ2) is 5.29. The number of anilines is 1. The Labute approximate surface area is 108 Å². The van der Waals surface area contributed by atoms with E-state index in [2.05, 4.69) is 25.5 Å². The Morgan fingerprint density at radius 2 is 1.94 bits per heavy atom. The Morgan fingerprint density at radius 3 is 2.39 bits per heavy atom. The van der Waals surface area contributed by atoms with Crippen molar-refractivity contribution in [2.75, 3.05) is 12.8 Å². The van der Waals surface area contributed by atoms with E-state index in [9.17, 15) is 4.79 Å². The number of benzene rings is 1. The maximum Gasteiger partial charge on any atom is 0.513 e. The molecule has 0 heterocycles. The number of nitrogens with two attached hydrogens (primary N) is 1. The van der Waals surface area contributed by atoms with Gasteiger partial charge in [0.25, 0.3) is 0 Å². The Hall–Kier alpha value is -1.71. The summed E-state index contributed by atoms with van der Waals surface area (Å²) in [4.78, 5) is 11.2. The predicted molar refractivity (Wildman–Crippen MR) is 72.0 cm³/mol. The van der Waals surface area contributed by atoms with Crippen molar-refractivity contribution >= 4 is 11.8 Å². The van der Waals surface area contributed by atoms with Gasteiger partial charge >= 0.3 is 6.16 Å². The van der Waals surface area contributed by atoms with Crippen LogP contribution in [0.25, 0.3) is 0 Å². The average Bonchev–Trinajstić information content (AvgIpc) is 2.27. The first kappa shape index (κ1) is 14.4. The molecule has 4 heteroatoms. The molecule has 0 bridgehead atoms. The topological polar surface area (TPSA) is 61.5 Å². The van der Waals surface area contributed by atoms with Crippen LogP contribution in [0.3, 0.4) is 0 Å². The van der Waals surface area contributed by atoms with E-state index in [0.717, 1.165) is 17.5 Å². The maximum absolute atomic E-state index is 11.2. The molecule has 0 saturated carbocycles. The lowest BCUT2D eigenvalue weighted by molar-refractivity contribution is 0.121. The number of nitrogen functional groups attached to an aromatic ring is 1. The highest BCUT2D eigenvalue weighted by Crippen LogP contribution is 2.33. The van der Waals surface area contributed by atoms with Gasteiger partial charge in [-0.3, -0.25) is 0 Å². The van der Waals surface area contributed by atoms with Gasteiger partial charge in [0.15, 0.2) is 0 Å². The summed E-state index contributed by atoms with van der Waals surface area (Å²) in [6.07, 6.45) is 0.0305. The first-order valence-corrected chi connectivity index (χ1v) is 5.98. The third-order valence-corrected chi connectivity index (χ3v) is 2.78. The van der Waals surface area contributed by atoms with Gasteiger partial charge in [-0.1, -0.05) is 27.7 Å². The lowest BCUT2D eigenvalue weighted by Crippen LogP contribution is -2.16.